The summed E-state index contributed by atoms with van der Waals surface area (Å²) >= 11 is 5.83. The molecule has 0 radical (unpaired) electrons. The lowest BCUT2D eigenvalue weighted by atomic mass is 9.86. The van der Waals surface area contributed by atoms with Crippen molar-refractivity contribution in [1.82, 2.24) is 0 Å². The number of rotatable bonds is 3. The molecule has 0 aliphatic heterocycles. The first-order chi connectivity index (χ1) is 6.34. The Balaban J connectivity index is 1.86. The number of hydrogen-bond acceptors (Lipinski definition) is 1. The second-order valence-electron chi connectivity index (χ2n) is 3.57. The second kappa shape index (κ2) is 4.01. The van der Waals surface area contributed by atoms with E-state index in [1.54, 1.807) is 0 Å². The van der Waals surface area contributed by atoms with Crippen molar-refractivity contribution in [2.75, 3.05) is 6.61 Å². The quantitative estimate of drug-likeness (QED) is 0.719. The van der Waals surface area contributed by atoms with Crippen LogP contribution in [0.3, 0.4) is 0 Å². The summed E-state index contributed by atoms with van der Waals surface area (Å²) in [6.07, 6.45) is 4.00. The van der Waals surface area contributed by atoms with Crippen LogP contribution in [0.15, 0.2) is 24.3 Å². The normalized spacial score (nSPS) is 16.7. The average Bonchev–Trinajstić information content (AvgIpc) is 2.01. The molecule has 0 aromatic heterocycles. The van der Waals surface area contributed by atoms with Crippen LogP contribution < -0.4 is 4.74 Å². The third-order valence-corrected chi connectivity index (χ3v) is 2.74. The molecule has 1 aromatic carbocycles. The Bertz CT molecular complexity index is 281. The Hall–Kier alpha value is -0.690. The van der Waals surface area contributed by atoms with Crippen LogP contribution in [0.1, 0.15) is 19.3 Å². The monoisotopic (exact) mass is 196 g/mol. The lowest BCUT2D eigenvalue weighted by Gasteiger charge is -2.25. The fourth-order valence-electron chi connectivity index (χ4n) is 1.43. The number of halogens is 1. The zero-order valence-corrected chi connectivity index (χ0v) is 8.26. The predicted octanol–water partition coefficient (Wildman–Crippen LogP) is 3.52. The standard InChI is InChI=1S/C11H13ClO/c12-10-5-2-6-11(7-10)13-8-9-3-1-4-9/h2,5-7,9H,1,3-4,8H2. The van der Waals surface area contributed by atoms with E-state index in [1.807, 2.05) is 24.3 Å². The summed E-state index contributed by atoms with van der Waals surface area (Å²) in [5.41, 5.74) is 0. The molecule has 1 aliphatic carbocycles. The highest BCUT2D eigenvalue weighted by Gasteiger charge is 2.17. The lowest BCUT2D eigenvalue weighted by Crippen LogP contribution is -2.19. The van der Waals surface area contributed by atoms with Crippen LogP contribution in [-0.4, -0.2) is 6.61 Å². The fraction of sp³-hybridized carbons (Fsp3) is 0.455. The van der Waals surface area contributed by atoms with Crippen molar-refractivity contribution in [2.45, 2.75) is 19.3 Å². The lowest BCUT2D eigenvalue weighted by molar-refractivity contribution is 0.180. The van der Waals surface area contributed by atoms with Crippen LogP contribution in [0, 0.1) is 5.92 Å². The van der Waals surface area contributed by atoms with Gasteiger partial charge < -0.3 is 4.74 Å². The smallest absolute Gasteiger partial charge is 0.120 e. The van der Waals surface area contributed by atoms with E-state index in [0.717, 1.165) is 23.3 Å². The van der Waals surface area contributed by atoms with E-state index in [4.69, 9.17) is 16.3 Å². The Morgan fingerprint density at radius 3 is 2.85 bits per heavy atom. The molecule has 1 saturated carbocycles. The molecule has 0 saturated heterocycles. The predicted molar refractivity (Wildman–Crippen MR) is 54.3 cm³/mol. The second-order valence-corrected chi connectivity index (χ2v) is 4.00. The van der Waals surface area contributed by atoms with Gasteiger partial charge in [-0.2, -0.15) is 0 Å². The Morgan fingerprint density at radius 2 is 2.23 bits per heavy atom. The van der Waals surface area contributed by atoms with Crippen LogP contribution in [0.25, 0.3) is 0 Å². The molecule has 0 unspecified atom stereocenters. The van der Waals surface area contributed by atoms with E-state index in [1.165, 1.54) is 19.3 Å². The maximum absolute atomic E-state index is 5.83. The summed E-state index contributed by atoms with van der Waals surface area (Å²) in [6.45, 7) is 0.848. The molecule has 13 heavy (non-hydrogen) atoms. The van der Waals surface area contributed by atoms with Gasteiger partial charge in [0.2, 0.25) is 0 Å². The molecule has 1 aromatic rings. The van der Waals surface area contributed by atoms with Gasteiger partial charge in [-0.15, -0.1) is 0 Å². The van der Waals surface area contributed by atoms with E-state index in [0.29, 0.717) is 0 Å². The summed E-state index contributed by atoms with van der Waals surface area (Å²) in [4.78, 5) is 0. The number of benzene rings is 1. The highest BCUT2D eigenvalue weighted by Crippen LogP contribution is 2.27. The van der Waals surface area contributed by atoms with Crippen molar-refractivity contribution in [3.8, 4) is 5.75 Å². The molecule has 0 amide bonds. The van der Waals surface area contributed by atoms with Gasteiger partial charge in [0.1, 0.15) is 5.75 Å². The molecule has 1 aliphatic rings. The van der Waals surface area contributed by atoms with Gasteiger partial charge in [-0.1, -0.05) is 24.1 Å². The fourth-order valence-corrected chi connectivity index (χ4v) is 1.61. The molecule has 0 bridgehead atoms. The van der Waals surface area contributed by atoms with Crippen LogP contribution in [-0.2, 0) is 0 Å². The zero-order valence-electron chi connectivity index (χ0n) is 7.50. The molecule has 1 fully saturated rings. The highest BCUT2D eigenvalue weighted by molar-refractivity contribution is 6.30. The van der Waals surface area contributed by atoms with Gasteiger partial charge >= 0.3 is 0 Å². The van der Waals surface area contributed by atoms with E-state index in [9.17, 15) is 0 Å². The molecule has 2 rings (SSSR count). The van der Waals surface area contributed by atoms with Gasteiger partial charge in [0, 0.05) is 5.02 Å². The summed E-state index contributed by atoms with van der Waals surface area (Å²) in [6, 6.07) is 7.58. The van der Waals surface area contributed by atoms with Gasteiger partial charge in [0.05, 0.1) is 6.61 Å². The zero-order chi connectivity index (χ0) is 9.10. The minimum Gasteiger partial charge on any atom is -0.493 e. The van der Waals surface area contributed by atoms with E-state index >= 15 is 0 Å². The number of hydrogen-bond donors (Lipinski definition) is 0. The molecular weight excluding hydrogens is 184 g/mol. The minimum atomic E-state index is 0.742. The summed E-state index contributed by atoms with van der Waals surface area (Å²) in [5, 5.41) is 0.742. The summed E-state index contributed by atoms with van der Waals surface area (Å²) in [5.74, 6) is 1.67. The van der Waals surface area contributed by atoms with Gasteiger partial charge in [0.25, 0.3) is 0 Å². The molecule has 0 heterocycles. The molecule has 0 N–H and O–H groups in total. The van der Waals surface area contributed by atoms with Crippen molar-refractivity contribution in [3.05, 3.63) is 29.3 Å². The Labute approximate surface area is 83.7 Å². The van der Waals surface area contributed by atoms with Gasteiger partial charge in [-0.05, 0) is 37.0 Å². The van der Waals surface area contributed by atoms with Crippen LogP contribution in [0.2, 0.25) is 5.02 Å². The van der Waals surface area contributed by atoms with Crippen LogP contribution >= 0.6 is 11.6 Å². The largest absolute Gasteiger partial charge is 0.493 e. The molecule has 0 atom stereocenters. The molecule has 0 spiro atoms. The van der Waals surface area contributed by atoms with Crippen LogP contribution in [0.5, 0.6) is 5.75 Å². The molecule has 1 nitrogen and oxygen atoms in total. The molecular formula is C11H13ClO. The maximum Gasteiger partial charge on any atom is 0.120 e. The first-order valence-electron chi connectivity index (χ1n) is 4.73. The van der Waals surface area contributed by atoms with Gasteiger partial charge in [-0.25, -0.2) is 0 Å². The third-order valence-electron chi connectivity index (χ3n) is 2.51. The highest BCUT2D eigenvalue weighted by atomic mass is 35.5. The van der Waals surface area contributed by atoms with E-state index in [2.05, 4.69) is 0 Å². The van der Waals surface area contributed by atoms with E-state index < -0.39 is 0 Å². The Morgan fingerprint density at radius 1 is 1.38 bits per heavy atom. The van der Waals surface area contributed by atoms with Crippen molar-refractivity contribution >= 4 is 11.6 Å². The van der Waals surface area contributed by atoms with Crippen LogP contribution in [0.4, 0.5) is 0 Å². The molecule has 70 valence electrons. The van der Waals surface area contributed by atoms with Gasteiger partial charge in [0.15, 0.2) is 0 Å². The van der Waals surface area contributed by atoms with Crippen molar-refractivity contribution in [3.63, 3.8) is 0 Å². The van der Waals surface area contributed by atoms with E-state index in [-0.39, 0.29) is 0 Å². The number of ether oxygens (including phenoxy) is 1. The first kappa shape index (κ1) is 8.89. The maximum atomic E-state index is 5.83. The Kier molecular flexibility index (Phi) is 2.74. The van der Waals surface area contributed by atoms with Crippen molar-refractivity contribution in [2.24, 2.45) is 5.92 Å². The summed E-state index contributed by atoms with van der Waals surface area (Å²) in [7, 11) is 0. The topological polar surface area (TPSA) is 9.23 Å². The van der Waals surface area contributed by atoms with Gasteiger partial charge in [-0.3, -0.25) is 0 Å². The average molecular weight is 197 g/mol. The SMILES string of the molecule is Clc1cccc(OCC2CCC2)c1. The third kappa shape index (κ3) is 2.38. The minimum absolute atomic E-state index is 0.742. The molecule has 2 heteroatoms. The van der Waals surface area contributed by atoms with Crippen molar-refractivity contribution in [1.29, 1.82) is 0 Å². The first-order valence-corrected chi connectivity index (χ1v) is 5.11. The summed E-state index contributed by atoms with van der Waals surface area (Å²) < 4.78 is 5.61. The van der Waals surface area contributed by atoms with Crippen molar-refractivity contribution < 1.29 is 4.74 Å².